The molecule has 1 amide bonds. The van der Waals surface area contributed by atoms with Crippen molar-refractivity contribution in [1.29, 1.82) is 0 Å². The highest BCUT2D eigenvalue weighted by atomic mass is 16.5. The van der Waals surface area contributed by atoms with Gasteiger partial charge < -0.3 is 15.4 Å². The zero-order chi connectivity index (χ0) is 20.9. The van der Waals surface area contributed by atoms with E-state index in [4.69, 9.17) is 10.5 Å². The van der Waals surface area contributed by atoms with Gasteiger partial charge in [0, 0.05) is 25.4 Å². The smallest absolute Gasteiger partial charge is 0.222 e. The van der Waals surface area contributed by atoms with Crippen LogP contribution in [0, 0.1) is 5.92 Å². The zero-order valence-corrected chi connectivity index (χ0v) is 17.7. The lowest BCUT2D eigenvalue weighted by Crippen LogP contribution is -2.39. The van der Waals surface area contributed by atoms with E-state index < -0.39 is 0 Å². The number of amidine groups is 1. The molecule has 0 unspecified atom stereocenters. The van der Waals surface area contributed by atoms with Gasteiger partial charge in [-0.25, -0.2) is 4.99 Å². The van der Waals surface area contributed by atoms with Gasteiger partial charge in [-0.05, 0) is 61.6 Å². The number of aliphatic imine (C=N–C) groups is 1. The van der Waals surface area contributed by atoms with Gasteiger partial charge in [0.25, 0.3) is 0 Å². The molecular formula is C25H31N3O2. The SMILES string of the molecule is CN(C(=O)CC[C@H]1Cc2cc(Oc3ccccc3)ccc2N=C1N)C1CCCCC1. The van der Waals surface area contributed by atoms with E-state index in [1.807, 2.05) is 60.5 Å². The van der Waals surface area contributed by atoms with Gasteiger partial charge in [-0.1, -0.05) is 37.5 Å². The third kappa shape index (κ3) is 4.84. The number of carbonyl (C=O) groups is 1. The number of benzene rings is 2. The Morgan fingerprint density at radius 3 is 2.63 bits per heavy atom. The second-order valence-corrected chi connectivity index (χ2v) is 8.48. The van der Waals surface area contributed by atoms with Crippen molar-refractivity contribution in [1.82, 2.24) is 4.90 Å². The lowest BCUT2D eigenvalue weighted by molar-refractivity contribution is -0.132. The fourth-order valence-electron chi connectivity index (χ4n) is 4.52. The summed E-state index contributed by atoms with van der Waals surface area (Å²) in [6.07, 6.45) is 8.06. The van der Waals surface area contributed by atoms with Crippen molar-refractivity contribution in [3.8, 4) is 11.5 Å². The van der Waals surface area contributed by atoms with Crippen LogP contribution in [0.2, 0.25) is 0 Å². The highest BCUT2D eigenvalue weighted by molar-refractivity contribution is 5.88. The van der Waals surface area contributed by atoms with Gasteiger partial charge in [-0.3, -0.25) is 4.79 Å². The maximum Gasteiger partial charge on any atom is 0.222 e. The predicted octanol–water partition coefficient (Wildman–Crippen LogP) is 5.21. The third-order valence-electron chi connectivity index (χ3n) is 6.39. The molecule has 5 heteroatoms. The van der Waals surface area contributed by atoms with Crippen LogP contribution in [-0.4, -0.2) is 29.7 Å². The number of amides is 1. The van der Waals surface area contributed by atoms with Crippen molar-refractivity contribution in [2.24, 2.45) is 16.6 Å². The molecule has 2 aliphatic rings. The molecule has 1 aliphatic carbocycles. The summed E-state index contributed by atoms with van der Waals surface area (Å²) < 4.78 is 5.96. The number of rotatable bonds is 6. The minimum Gasteiger partial charge on any atom is -0.457 e. The Balaban J connectivity index is 1.37. The van der Waals surface area contributed by atoms with Gasteiger partial charge in [0.05, 0.1) is 5.69 Å². The van der Waals surface area contributed by atoms with Crippen LogP contribution < -0.4 is 10.5 Å². The number of hydrogen-bond donors (Lipinski definition) is 1. The Bertz CT molecular complexity index is 904. The van der Waals surface area contributed by atoms with E-state index in [1.165, 1.54) is 19.3 Å². The van der Waals surface area contributed by atoms with Crippen LogP contribution in [0.3, 0.4) is 0 Å². The topological polar surface area (TPSA) is 67.9 Å². The van der Waals surface area contributed by atoms with E-state index >= 15 is 0 Å². The number of fused-ring (bicyclic) bond motifs is 1. The Morgan fingerprint density at radius 2 is 1.87 bits per heavy atom. The van der Waals surface area contributed by atoms with Crippen LogP contribution >= 0.6 is 0 Å². The predicted molar refractivity (Wildman–Crippen MR) is 120 cm³/mol. The molecule has 1 fully saturated rings. The summed E-state index contributed by atoms with van der Waals surface area (Å²) >= 11 is 0. The van der Waals surface area contributed by atoms with Crippen LogP contribution in [0.15, 0.2) is 53.5 Å². The average Bonchev–Trinajstić information content (AvgIpc) is 2.78. The third-order valence-corrected chi connectivity index (χ3v) is 6.39. The summed E-state index contributed by atoms with van der Waals surface area (Å²) in [6.45, 7) is 0. The molecule has 4 rings (SSSR count). The molecule has 1 saturated carbocycles. The summed E-state index contributed by atoms with van der Waals surface area (Å²) in [5.74, 6) is 2.55. The van der Waals surface area contributed by atoms with Crippen molar-refractivity contribution in [2.75, 3.05) is 7.05 Å². The molecule has 0 aromatic heterocycles. The monoisotopic (exact) mass is 405 g/mol. The van der Waals surface area contributed by atoms with E-state index in [-0.39, 0.29) is 11.8 Å². The average molecular weight is 406 g/mol. The summed E-state index contributed by atoms with van der Waals surface area (Å²) in [6, 6.07) is 16.1. The second kappa shape index (κ2) is 9.33. The molecule has 1 heterocycles. The highest BCUT2D eigenvalue weighted by Gasteiger charge is 2.26. The summed E-state index contributed by atoms with van der Waals surface area (Å²) in [7, 11) is 1.96. The van der Waals surface area contributed by atoms with Gasteiger partial charge in [0.15, 0.2) is 0 Å². The first-order valence-corrected chi connectivity index (χ1v) is 11.1. The number of nitrogens with zero attached hydrogens (tertiary/aromatic N) is 2. The fraction of sp³-hybridized carbons (Fsp3) is 0.440. The molecule has 0 bridgehead atoms. The van der Waals surface area contributed by atoms with Crippen LogP contribution in [0.25, 0.3) is 0 Å². The first-order valence-electron chi connectivity index (χ1n) is 11.1. The van der Waals surface area contributed by atoms with Gasteiger partial charge >= 0.3 is 0 Å². The van der Waals surface area contributed by atoms with E-state index in [0.717, 1.165) is 48.4 Å². The molecule has 2 N–H and O–H groups in total. The number of nitrogens with two attached hydrogens (primary N) is 1. The molecule has 1 aliphatic heterocycles. The first-order chi connectivity index (χ1) is 14.6. The highest BCUT2D eigenvalue weighted by Crippen LogP contribution is 2.34. The van der Waals surface area contributed by atoms with Crippen molar-refractivity contribution in [3.63, 3.8) is 0 Å². The van der Waals surface area contributed by atoms with Crippen molar-refractivity contribution < 1.29 is 9.53 Å². The summed E-state index contributed by atoms with van der Waals surface area (Å²) in [5.41, 5.74) is 8.27. The number of hydrogen-bond acceptors (Lipinski definition) is 4. The normalized spacial score (nSPS) is 19.0. The Kier molecular flexibility index (Phi) is 6.36. The van der Waals surface area contributed by atoms with Crippen LogP contribution in [0.1, 0.15) is 50.5 Å². The molecular weight excluding hydrogens is 374 g/mol. The molecule has 0 spiro atoms. The van der Waals surface area contributed by atoms with Gasteiger partial charge in [-0.15, -0.1) is 0 Å². The molecule has 30 heavy (non-hydrogen) atoms. The van der Waals surface area contributed by atoms with Crippen molar-refractivity contribution in [3.05, 3.63) is 54.1 Å². The lowest BCUT2D eigenvalue weighted by atomic mass is 9.89. The maximum atomic E-state index is 12.7. The van der Waals surface area contributed by atoms with Gasteiger partial charge in [0.2, 0.25) is 5.91 Å². The van der Waals surface area contributed by atoms with Crippen LogP contribution in [-0.2, 0) is 11.2 Å². The fourth-order valence-corrected chi connectivity index (χ4v) is 4.52. The molecule has 0 saturated heterocycles. The molecule has 158 valence electrons. The number of carbonyl (C=O) groups excluding carboxylic acids is 1. The number of para-hydroxylation sites is 1. The Labute approximate surface area is 178 Å². The minimum atomic E-state index is 0.0909. The minimum absolute atomic E-state index is 0.0909. The molecule has 5 nitrogen and oxygen atoms in total. The van der Waals surface area contributed by atoms with E-state index in [2.05, 4.69) is 4.99 Å². The first kappa shape index (κ1) is 20.5. The molecule has 0 radical (unpaired) electrons. The van der Waals surface area contributed by atoms with E-state index in [1.54, 1.807) is 0 Å². The maximum absolute atomic E-state index is 12.7. The van der Waals surface area contributed by atoms with E-state index in [0.29, 0.717) is 18.3 Å². The standard InChI is InChI=1S/C25H31N3O2/c1-28(20-8-4-2-5-9-20)24(29)15-12-18-16-19-17-22(13-14-23(19)27-25(18)26)30-21-10-6-3-7-11-21/h3,6-7,10-11,13-14,17-18,20H,2,4-5,8-9,12,15-16H2,1H3,(H2,26,27)/t18-/m0/s1. The van der Waals surface area contributed by atoms with Crippen LogP contribution in [0.5, 0.6) is 11.5 Å². The Morgan fingerprint density at radius 1 is 1.10 bits per heavy atom. The lowest BCUT2D eigenvalue weighted by Gasteiger charge is -2.32. The summed E-state index contributed by atoms with van der Waals surface area (Å²) in [5, 5.41) is 0. The number of ether oxygens (including phenoxy) is 1. The van der Waals surface area contributed by atoms with Crippen LogP contribution in [0.4, 0.5) is 5.69 Å². The van der Waals surface area contributed by atoms with E-state index in [9.17, 15) is 4.79 Å². The van der Waals surface area contributed by atoms with Gasteiger partial charge in [-0.2, -0.15) is 0 Å². The Hall–Kier alpha value is -2.82. The quantitative estimate of drug-likeness (QED) is 0.717. The van der Waals surface area contributed by atoms with Crippen molar-refractivity contribution >= 4 is 17.4 Å². The second-order valence-electron chi connectivity index (χ2n) is 8.48. The van der Waals surface area contributed by atoms with Gasteiger partial charge in [0.1, 0.15) is 17.3 Å². The molecule has 2 aromatic carbocycles. The zero-order valence-electron chi connectivity index (χ0n) is 17.7. The molecule has 2 aromatic rings. The summed E-state index contributed by atoms with van der Waals surface area (Å²) in [4.78, 5) is 19.3. The molecule has 1 atom stereocenters. The largest absolute Gasteiger partial charge is 0.457 e. The van der Waals surface area contributed by atoms with Crippen molar-refractivity contribution in [2.45, 2.75) is 57.4 Å².